The molecule has 2 aromatic rings. The number of hydrogen-bond donors (Lipinski definition) is 0. The second kappa shape index (κ2) is 5.53. The molecule has 3 rings (SSSR count). The SMILES string of the molecule is Cc1cc(OC2CN(S(=O)(=O)c3cccs3)C2)cc(=O)n1C. The van der Waals surface area contributed by atoms with Gasteiger partial charge in [-0.3, -0.25) is 4.79 Å². The van der Waals surface area contributed by atoms with Gasteiger partial charge in [-0.05, 0) is 24.4 Å². The number of hydrogen-bond acceptors (Lipinski definition) is 5. The molecule has 22 heavy (non-hydrogen) atoms. The number of nitrogens with zero attached hydrogens (tertiary/aromatic N) is 2. The highest BCUT2D eigenvalue weighted by Crippen LogP contribution is 2.27. The lowest BCUT2D eigenvalue weighted by Gasteiger charge is -2.37. The second-order valence-electron chi connectivity index (χ2n) is 5.22. The van der Waals surface area contributed by atoms with E-state index < -0.39 is 10.0 Å². The van der Waals surface area contributed by atoms with Gasteiger partial charge in [0.05, 0.1) is 13.1 Å². The van der Waals surface area contributed by atoms with Crippen molar-refractivity contribution in [2.75, 3.05) is 13.1 Å². The summed E-state index contributed by atoms with van der Waals surface area (Å²) < 4.78 is 33.5. The van der Waals surface area contributed by atoms with Crippen molar-refractivity contribution in [3.8, 4) is 5.75 Å². The fourth-order valence-electron chi connectivity index (χ4n) is 2.21. The monoisotopic (exact) mass is 340 g/mol. The summed E-state index contributed by atoms with van der Waals surface area (Å²) >= 11 is 1.20. The van der Waals surface area contributed by atoms with Crippen LogP contribution in [0.25, 0.3) is 0 Å². The Labute approximate surface area is 132 Å². The smallest absolute Gasteiger partial charge is 0.254 e. The van der Waals surface area contributed by atoms with Crippen LogP contribution in [0.3, 0.4) is 0 Å². The normalized spacial score (nSPS) is 16.5. The van der Waals surface area contributed by atoms with E-state index >= 15 is 0 Å². The van der Waals surface area contributed by atoms with Crippen molar-refractivity contribution in [3.05, 3.63) is 45.7 Å². The number of pyridine rings is 1. The van der Waals surface area contributed by atoms with E-state index in [0.717, 1.165) is 5.69 Å². The van der Waals surface area contributed by atoms with Crippen molar-refractivity contribution >= 4 is 21.4 Å². The number of ether oxygens (including phenoxy) is 1. The molecule has 0 atom stereocenters. The van der Waals surface area contributed by atoms with E-state index in [1.165, 1.54) is 26.3 Å². The molecule has 0 spiro atoms. The molecule has 0 aromatic carbocycles. The molecule has 1 saturated heterocycles. The fourth-order valence-corrected chi connectivity index (χ4v) is 4.85. The van der Waals surface area contributed by atoms with Crippen LogP contribution in [0.1, 0.15) is 5.69 Å². The quantitative estimate of drug-likeness (QED) is 0.839. The molecule has 1 aliphatic heterocycles. The highest BCUT2D eigenvalue weighted by atomic mass is 32.2. The van der Waals surface area contributed by atoms with Crippen molar-refractivity contribution in [1.29, 1.82) is 0 Å². The van der Waals surface area contributed by atoms with Crippen LogP contribution in [0.5, 0.6) is 5.75 Å². The third-order valence-electron chi connectivity index (χ3n) is 3.68. The molecule has 118 valence electrons. The third kappa shape index (κ3) is 2.69. The Morgan fingerprint density at radius 2 is 2.05 bits per heavy atom. The molecule has 8 heteroatoms. The zero-order valence-electron chi connectivity index (χ0n) is 12.2. The zero-order valence-corrected chi connectivity index (χ0v) is 13.9. The summed E-state index contributed by atoms with van der Waals surface area (Å²) in [6, 6.07) is 6.51. The minimum atomic E-state index is -3.40. The molecule has 0 bridgehead atoms. The Morgan fingerprint density at radius 3 is 2.64 bits per heavy atom. The summed E-state index contributed by atoms with van der Waals surface area (Å²) in [5.74, 6) is 0.485. The van der Waals surface area contributed by atoms with Gasteiger partial charge in [-0.2, -0.15) is 4.31 Å². The van der Waals surface area contributed by atoms with Gasteiger partial charge in [0.2, 0.25) is 0 Å². The number of thiophene rings is 1. The summed E-state index contributed by atoms with van der Waals surface area (Å²) in [6.45, 7) is 2.42. The van der Waals surface area contributed by atoms with E-state index in [2.05, 4.69) is 0 Å². The molecule has 0 unspecified atom stereocenters. The fraction of sp³-hybridized carbons (Fsp3) is 0.357. The van der Waals surface area contributed by atoms with Crippen LogP contribution in [-0.4, -0.2) is 36.5 Å². The molecule has 0 radical (unpaired) electrons. The van der Waals surface area contributed by atoms with Crippen LogP contribution in [0, 0.1) is 6.92 Å². The Bertz CT molecular complexity index is 834. The maximum Gasteiger partial charge on any atom is 0.254 e. The third-order valence-corrected chi connectivity index (χ3v) is 6.89. The van der Waals surface area contributed by atoms with Gasteiger partial charge in [0.1, 0.15) is 16.1 Å². The van der Waals surface area contributed by atoms with E-state index in [1.807, 2.05) is 6.92 Å². The van der Waals surface area contributed by atoms with Gasteiger partial charge in [0, 0.05) is 18.8 Å². The predicted molar refractivity (Wildman–Crippen MR) is 83.9 cm³/mol. The Balaban J connectivity index is 1.66. The van der Waals surface area contributed by atoms with E-state index in [0.29, 0.717) is 23.0 Å². The van der Waals surface area contributed by atoms with Gasteiger partial charge in [-0.1, -0.05) is 6.07 Å². The number of aromatic nitrogens is 1. The minimum Gasteiger partial charge on any atom is -0.487 e. The first-order valence-corrected chi connectivity index (χ1v) is 9.08. The molecule has 1 aliphatic rings. The van der Waals surface area contributed by atoms with Gasteiger partial charge in [0.15, 0.2) is 0 Å². The Hall–Kier alpha value is -1.64. The van der Waals surface area contributed by atoms with Gasteiger partial charge >= 0.3 is 0 Å². The summed E-state index contributed by atoms with van der Waals surface area (Å²) in [5, 5.41) is 1.74. The number of aryl methyl sites for hydroxylation is 1. The van der Waals surface area contributed by atoms with E-state index in [1.54, 1.807) is 30.6 Å². The first-order chi connectivity index (χ1) is 10.4. The number of rotatable bonds is 4. The molecular formula is C14H16N2O4S2. The van der Waals surface area contributed by atoms with Crippen molar-refractivity contribution in [2.24, 2.45) is 7.05 Å². The van der Waals surface area contributed by atoms with Crippen molar-refractivity contribution in [2.45, 2.75) is 17.2 Å². The lowest BCUT2D eigenvalue weighted by molar-refractivity contribution is 0.0760. The topological polar surface area (TPSA) is 68.6 Å². The van der Waals surface area contributed by atoms with Gasteiger partial charge in [-0.25, -0.2) is 8.42 Å². The molecule has 0 aliphatic carbocycles. The Morgan fingerprint density at radius 1 is 1.32 bits per heavy atom. The molecule has 0 saturated carbocycles. The standard InChI is InChI=1S/C14H16N2O4S2/c1-10-6-11(7-13(17)15(10)2)20-12-8-16(9-12)22(18,19)14-4-3-5-21-14/h3-7,12H,8-9H2,1-2H3. The summed E-state index contributed by atoms with van der Waals surface area (Å²) in [5.41, 5.74) is 0.655. The van der Waals surface area contributed by atoms with Crippen molar-refractivity contribution < 1.29 is 13.2 Å². The molecule has 1 fully saturated rings. The molecule has 6 nitrogen and oxygen atoms in total. The molecular weight excluding hydrogens is 324 g/mol. The van der Waals surface area contributed by atoms with E-state index in [4.69, 9.17) is 4.74 Å². The van der Waals surface area contributed by atoms with Crippen LogP contribution in [0.2, 0.25) is 0 Å². The minimum absolute atomic E-state index is 0.141. The van der Waals surface area contributed by atoms with E-state index in [-0.39, 0.29) is 11.7 Å². The van der Waals surface area contributed by atoms with Crippen LogP contribution in [0.4, 0.5) is 0 Å². The van der Waals surface area contributed by atoms with Crippen LogP contribution < -0.4 is 10.3 Å². The van der Waals surface area contributed by atoms with E-state index in [9.17, 15) is 13.2 Å². The lowest BCUT2D eigenvalue weighted by atomic mass is 10.2. The molecule has 0 amide bonds. The van der Waals surface area contributed by atoms with Crippen LogP contribution >= 0.6 is 11.3 Å². The average molecular weight is 340 g/mol. The predicted octanol–water partition coefficient (Wildman–Crippen LogP) is 1.21. The zero-order chi connectivity index (χ0) is 15.9. The van der Waals surface area contributed by atoms with Crippen LogP contribution in [0.15, 0.2) is 38.6 Å². The second-order valence-corrected chi connectivity index (χ2v) is 8.34. The Kier molecular flexibility index (Phi) is 3.84. The largest absolute Gasteiger partial charge is 0.487 e. The maximum atomic E-state index is 12.3. The molecule has 0 N–H and O–H groups in total. The van der Waals surface area contributed by atoms with Crippen molar-refractivity contribution in [1.82, 2.24) is 8.87 Å². The van der Waals surface area contributed by atoms with Gasteiger partial charge in [0.25, 0.3) is 15.6 Å². The molecule has 2 aromatic heterocycles. The van der Waals surface area contributed by atoms with Crippen molar-refractivity contribution in [3.63, 3.8) is 0 Å². The summed E-state index contributed by atoms with van der Waals surface area (Å²) in [4.78, 5) is 11.7. The lowest BCUT2D eigenvalue weighted by Crippen LogP contribution is -2.55. The first-order valence-electron chi connectivity index (χ1n) is 6.76. The van der Waals surface area contributed by atoms with Gasteiger partial charge < -0.3 is 9.30 Å². The summed E-state index contributed by atoms with van der Waals surface area (Å²) in [6.07, 6.45) is -0.221. The molecule has 3 heterocycles. The van der Waals surface area contributed by atoms with Gasteiger partial charge in [-0.15, -0.1) is 11.3 Å². The summed E-state index contributed by atoms with van der Waals surface area (Å²) in [7, 11) is -1.71. The number of sulfonamides is 1. The maximum absolute atomic E-state index is 12.3. The average Bonchev–Trinajstić information content (AvgIpc) is 2.94. The highest BCUT2D eigenvalue weighted by molar-refractivity contribution is 7.91. The first kappa shape index (κ1) is 15.3. The highest BCUT2D eigenvalue weighted by Gasteiger charge is 2.38. The van der Waals surface area contributed by atoms with Crippen LogP contribution in [-0.2, 0) is 17.1 Å².